The predicted molar refractivity (Wildman–Crippen MR) is 77.0 cm³/mol. The number of H-pyrrole nitrogens is 1. The molecule has 2 aromatic rings. The van der Waals surface area contributed by atoms with Crippen LogP contribution < -0.4 is 5.32 Å². The number of hydrogen-bond donors (Lipinski definition) is 2. The predicted octanol–water partition coefficient (Wildman–Crippen LogP) is 2.44. The van der Waals surface area contributed by atoms with Gasteiger partial charge in [-0.05, 0) is 23.6 Å². The van der Waals surface area contributed by atoms with Crippen LogP contribution in [0, 0.1) is 5.92 Å². The zero-order valence-electron chi connectivity index (χ0n) is 11.8. The largest absolute Gasteiger partial charge is 0.356 e. The third-order valence-corrected chi connectivity index (χ3v) is 3.00. The topological polar surface area (TPSA) is 57.8 Å². The molecule has 1 heterocycles. The zero-order chi connectivity index (χ0) is 13.8. The molecular weight excluding hydrogens is 238 g/mol. The fourth-order valence-electron chi connectivity index (χ4n) is 1.95. The smallest absolute Gasteiger partial charge is 0.224 e. The standard InChI is InChI=1S/C15H21N3O/c1-4-14-17-12-6-5-11(7-13(12)18-14)8-15(19)16-9-10(2)3/h5-7,10H,4,8-9H2,1-3H3,(H,16,19)(H,17,18). The Morgan fingerprint density at radius 2 is 2.21 bits per heavy atom. The van der Waals surface area contributed by atoms with Crippen molar-refractivity contribution in [3.8, 4) is 0 Å². The summed E-state index contributed by atoms with van der Waals surface area (Å²) in [6, 6.07) is 5.95. The van der Waals surface area contributed by atoms with Crippen molar-refractivity contribution in [2.24, 2.45) is 5.92 Å². The molecule has 0 fully saturated rings. The molecule has 1 amide bonds. The van der Waals surface area contributed by atoms with Crippen molar-refractivity contribution in [3.05, 3.63) is 29.6 Å². The minimum absolute atomic E-state index is 0.0725. The van der Waals surface area contributed by atoms with E-state index < -0.39 is 0 Å². The van der Waals surface area contributed by atoms with Gasteiger partial charge in [-0.1, -0.05) is 26.8 Å². The first-order valence-electron chi connectivity index (χ1n) is 6.82. The SMILES string of the molecule is CCc1nc2ccc(CC(=O)NCC(C)C)cc2[nH]1. The number of imidazole rings is 1. The lowest BCUT2D eigenvalue weighted by Crippen LogP contribution is -2.28. The van der Waals surface area contributed by atoms with Gasteiger partial charge in [0.2, 0.25) is 5.91 Å². The highest BCUT2D eigenvalue weighted by Crippen LogP contribution is 2.14. The number of aromatic amines is 1. The van der Waals surface area contributed by atoms with Crippen LogP contribution in [0.25, 0.3) is 11.0 Å². The van der Waals surface area contributed by atoms with Gasteiger partial charge in [0.1, 0.15) is 5.82 Å². The molecule has 4 nitrogen and oxygen atoms in total. The number of fused-ring (bicyclic) bond motifs is 1. The molecule has 0 aliphatic carbocycles. The Morgan fingerprint density at radius 1 is 1.42 bits per heavy atom. The molecule has 0 saturated carbocycles. The monoisotopic (exact) mass is 259 g/mol. The van der Waals surface area contributed by atoms with Crippen molar-refractivity contribution < 1.29 is 4.79 Å². The number of carbonyl (C=O) groups excluding carboxylic acids is 1. The minimum atomic E-state index is 0.0725. The van der Waals surface area contributed by atoms with E-state index >= 15 is 0 Å². The maximum Gasteiger partial charge on any atom is 0.224 e. The molecule has 0 aliphatic heterocycles. The molecule has 19 heavy (non-hydrogen) atoms. The van der Waals surface area contributed by atoms with Crippen molar-refractivity contribution in [2.75, 3.05) is 6.54 Å². The van der Waals surface area contributed by atoms with E-state index in [-0.39, 0.29) is 5.91 Å². The molecule has 0 aliphatic rings. The molecule has 0 spiro atoms. The molecule has 1 aromatic carbocycles. The fraction of sp³-hybridized carbons (Fsp3) is 0.467. The Kier molecular flexibility index (Phi) is 4.20. The summed E-state index contributed by atoms with van der Waals surface area (Å²) in [5.74, 6) is 1.53. The number of rotatable bonds is 5. The Bertz CT molecular complexity index is 572. The number of aromatic nitrogens is 2. The van der Waals surface area contributed by atoms with Gasteiger partial charge in [-0.2, -0.15) is 0 Å². The van der Waals surface area contributed by atoms with Crippen LogP contribution in [-0.4, -0.2) is 22.4 Å². The average Bonchev–Trinajstić information content (AvgIpc) is 2.78. The molecule has 1 aromatic heterocycles. The van der Waals surface area contributed by atoms with E-state index in [0.717, 1.165) is 35.4 Å². The summed E-state index contributed by atoms with van der Waals surface area (Å²) in [5, 5.41) is 2.93. The molecule has 0 unspecified atom stereocenters. The number of hydrogen-bond acceptors (Lipinski definition) is 2. The van der Waals surface area contributed by atoms with E-state index in [4.69, 9.17) is 0 Å². The fourth-order valence-corrected chi connectivity index (χ4v) is 1.95. The van der Waals surface area contributed by atoms with Gasteiger partial charge in [-0.15, -0.1) is 0 Å². The number of aryl methyl sites for hydroxylation is 1. The summed E-state index contributed by atoms with van der Waals surface area (Å²) >= 11 is 0. The number of benzene rings is 1. The van der Waals surface area contributed by atoms with Gasteiger partial charge >= 0.3 is 0 Å². The van der Waals surface area contributed by atoms with Crippen LogP contribution in [0.4, 0.5) is 0 Å². The molecule has 0 radical (unpaired) electrons. The van der Waals surface area contributed by atoms with Crippen molar-refractivity contribution in [2.45, 2.75) is 33.6 Å². The molecule has 102 valence electrons. The highest BCUT2D eigenvalue weighted by molar-refractivity contribution is 5.81. The number of carbonyl (C=O) groups is 1. The normalized spacial score (nSPS) is 11.2. The van der Waals surface area contributed by atoms with Gasteiger partial charge in [-0.25, -0.2) is 4.98 Å². The van der Waals surface area contributed by atoms with Gasteiger partial charge in [0.25, 0.3) is 0 Å². The summed E-state index contributed by atoms with van der Waals surface area (Å²) in [7, 11) is 0. The Hall–Kier alpha value is -1.84. The third kappa shape index (κ3) is 3.56. The van der Waals surface area contributed by atoms with Gasteiger partial charge in [-0.3, -0.25) is 4.79 Å². The number of nitrogens with one attached hydrogen (secondary N) is 2. The van der Waals surface area contributed by atoms with Crippen molar-refractivity contribution in [1.82, 2.24) is 15.3 Å². The van der Waals surface area contributed by atoms with Crippen LogP contribution in [0.2, 0.25) is 0 Å². The highest BCUT2D eigenvalue weighted by Gasteiger charge is 2.06. The van der Waals surface area contributed by atoms with Gasteiger partial charge in [0.15, 0.2) is 0 Å². The second kappa shape index (κ2) is 5.87. The first-order valence-corrected chi connectivity index (χ1v) is 6.82. The molecule has 4 heteroatoms. The van der Waals surface area contributed by atoms with E-state index in [1.54, 1.807) is 0 Å². The quantitative estimate of drug-likeness (QED) is 0.866. The van der Waals surface area contributed by atoms with Crippen molar-refractivity contribution in [1.29, 1.82) is 0 Å². The maximum absolute atomic E-state index is 11.8. The van der Waals surface area contributed by atoms with Crippen LogP contribution in [0.3, 0.4) is 0 Å². The number of nitrogens with zero attached hydrogens (tertiary/aromatic N) is 1. The molecule has 0 saturated heterocycles. The lowest BCUT2D eigenvalue weighted by Gasteiger charge is -2.07. The maximum atomic E-state index is 11.8. The average molecular weight is 259 g/mol. The van der Waals surface area contributed by atoms with Gasteiger partial charge in [0.05, 0.1) is 17.5 Å². The zero-order valence-corrected chi connectivity index (χ0v) is 11.8. The molecule has 0 bridgehead atoms. The first-order chi connectivity index (χ1) is 9.08. The van der Waals surface area contributed by atoms with Crippen LogP contribution in [0.1, 0.15) is 32.2 Å². The Labute approximate surface area is 113 Å². The number of amides is 1. The van der Waals surface area contributed by atoms with Gasteiger partial charge in [0, 0.05) is 13.0 Å². The summed E-state index contributed by atoms with van der Waals surface area (Å²) in [5.41, 5.74) is 2.98. The van der Waals surface area contributed by atoms with Crippen LogP contribution in [0.15, 0.2) is 18.2 Å². The molecule has 2 rings (SSSR count). The second-order valence-electron chi connectivity index (χ2n) is 5.26. The molecule has 2 N–H and O–H groups in total. The van der Waals surface area contributed by atoms with E-state index in [0.29, 0.717) is 12.3 Å². The third-order valence-electron chi connectivity index (χ3n) is 3.00. The summed E-state index contributed by atoms with van der Waals surface area (Å²) in [4.78, 5) is 19.5. The van der Waals surface area contributed by atoms with E-state index in [2.05, 4.69) is 36.1 Å². The first kappa shape index (κ1) is 13.6. The van der Waals surface area contributed by atoms with E-state index in [1.807, 2.05) is 18.2 Å². The van der Waals surface area contributed by atoms with E-state index in [9.17, 15) is 4.79 Å². The summed E-state index contributed by atoms with van der Waals surface area (Å²) < 4.78 is 0. The molecule has 0 atom stereocenters. The minimum Gasteiger partial charge on any atom is -0.356 e. The summed E-state index contributed by atoms with van der Waals surface area (Å²) in [6.45, 7) is 6.97. The lowest BCUT2D eigenvalue weighted by molar-refractivity contribution is -0.120. The second-order valence-corrected chi connectivity index (χ2v) is 5.26. The Morgan fingerprint density at radius 3 is 2.89 bits per heavy atom. The lowest BCUT2D eigenvalue weighted by atomic mass is 10.1. The Balaban J connectivity index is 2.06. The molecular formula is C15H21N3O. The van der Waals surface area contributed by atoms with Crippen LogP contribution in [-0.2, 0) is 17.6 Å². The summed E-state index contributed by atoms with van der Waals surface area (Å²) in [6.07, 6.45) is 1.31. The van der Waals surface area contributed by atoms with Crippen molar-refractivity contribution >= 4 is 16.9 Å². The van der Waals surface area contributed by atoms with E-state index in [1.165, 1.54) is 0 Å². The van der Waals surface area contributed by atoms with Crippen LogP contribution in [0.5, 0.6) is 0 Å². The highest BCUT2D eigenvalue weighted by atomic mass is 16.1. The van der Waals surface area contributed by atoms with Crippen LogP contribution >= 0.6 is 0 Å². The van der Waals surface area contributed by atoms with Crippen molar-refractivity contribution in [3.63, 3.8) is 0 Å². The van der Waals surface area contributed by atoms with Gasteiger partial charge < -0.3 is 10.3 Å².